The first kappa shape index (κ1) is 22.6. The van der Waals surface area contributed by atoms with Gasteiger partial charge in [-0.3, -0.25) is 9.59 Å². The van der Waals surface area contributed by atoms with Crippen molar-refractivity contribution >= 4 is 22.8 Å². The van der Waals surface area contributed by atoms with E-state index in [1.807, 2.05) is 35.8 Å². The van der Waals surface area contributed by atoms with Gasteiger partial charge in [0.1, 0.15) is 11.4 Å². The molecule has 5 rings (SSSR count). The highest BCUT2D eigenvalue weighted by Crippen LogP contribution is 2.32. The third kappa shape index (κ3) is 4.19. The number of benzene rings is 2. The van der Waals surface area contributed by atoms with E-state index in [0.717, 1.165) is 42.3 Å². The summed E-state index contributed by atoms with van der Waals surface area (Å²) in [4.78, 5) is 33.8. The molecule has 0 saturated heterocycles. The van der Waals surface area contributed by atoms with Crippen LogP contribution in [0.3, 0.4) is 0 Å². The molecule has 1 fully saturated rings. The first-order chi connectivity index (χ1) is 16.5. The standard InChI is InChI=1S/C27H31FN4O2/c1-27(26(34)29-21-9-5-3-2-4-6-10-21)18-31-23-12-8-7-11-22(23)30-24(31)25(33)32(27)17-19-13-15-20(28)16-14-19/h7-8,11-16,21H,2-6,9-10,17-18H2,1H3,(H,29,34)/t27-/m1/s1. The maximum absolute atomic E-state index is 13.9. The Balaban J connectivity index is 1.51. The summed E-state index contributed by atoms with van der Waals surface area (Å²) in [6.45, 7) is 2.36. The average Bonchev–Trinajstić information content (AvgIpc) is 3.18. The monoisotopic (exact) mass is 462 g/mol. The molecule has 7 heteroatoms. The minimum Gasteiger partial charge on any atom is -0.351 e. The lowest BCUT2D eigenvalue weighted by molar-refractivity contribution is -0.134. The van der Waals surface area contributed by atoms with Crippen LogP contribution < -0.4 is 5.32 Å². The Labute approximate surface area is 199 Å². The first-order valence-corrected chi connectivity index (χ1v) is 12.3. The molecule has 2 amide bonds. The van der Waals surface area contributed by atoms with Crippen LogP contribution in [0.4, 0.5) is 4.39 Å². The van der Waals surface area contributed by atoms with Crippen LogP contribution in [0.15, 0.2) is 48.5 Å². The zero-order valence-corrected chi connectivity index (χ0v) is 19.6. The lowest BCUT2D eigenvalue weighted by Gasteiger charge is -2.44. The van der Waals surface area contributed by atoms with Crippen LogP contribution in [0.5, 0.6) is 0 Å². The lowest BCUT2D eigenvalue weighted by atomic mass is 9.92. The van der Waals surface area contributed by atoms with Crippen LogP contribution >= 0.6 is 0 Å². The van der Waals surface area contributed by atoms with Crippen molar-refractivity contribution < 1.29 is 14.0 Å². The molecule has 6 nitrogen and oxygen atoms in total. The largest absolute Gasteiger partial charge is 0.351 e. The third-order valence-corrected chi connectivity index (χ3v) is 7.34. The Morgan fingerprint density at radius 2 is 1.74 bits per heavy atom. The molecule has 2 aromatic carbocycles. The number of amides is 2. The number of para-hydroxylation sites is 2. The van der Waals surface area contributed by atoms with E-state index < -0.39 is 5.54 Å². The van der Waals surface area contributed by atoms with Gasteiger partial charge in [-0.1, -0.05) is 56.4 Å². The van der Waals surface area contributed by atoms with Crippen LogP contribution in [0.1, 0.15) is 68.1 Å². The molecule has 2 heterocycles. The zero-order valence-electron chi connectivity index (χ0n) is 19.6. The molecule has 1 saturated carbocycles. The molecule has 1 atom stereocenters. The number of imidazole rings is 1. The van der Waals surface area contributed by atoms with Gasteiger partial charge in [-0.05, 0) is 49.6 Å². The number of fused-ring (bicyclic) bond motifs is 3. The lowest BCUT2D eigenvalue weighted by Crippen LogP contribution is -2.64. The van der Waals surface area contributed by atoms with Gasteiger partial charge in [-0.25, -0.2) is 9.37 Å². The normalized spacial score (nSPS) is 21.7. The number of carbonyl (C=O) groups excluding carboxylic acids is 2. The van der Waals surface area contributed by atoms with Crippen LogP contribution in [-0.4, -0.2) is 37.8 Å². The SMILES string of the molecule is C[C@]1(C(=O)NC2CCCCCCC2)Cn2c(nc3ccccc32)C(=O)N1Cc1ccc(F)cc1. The molecule has 0 bridgehead atoms. The predicted molar refractivity (Wildman–Crippen MR) is 129 cm³/mol. The van der Waals surface area contributed by atoms with Gasteiger partial charge in [0.15, 0.2) is 5.82 Å². The van der Waals surface area contributed by atoms with E-state index in [-0.39, 0.29) is 30.2 Å². The van der Waals surface area contributed by atoms with Crippen molar-refractivity contribution in [1.29, 1.82) is 0 Å². The van der Waals surface area contributed by atoms with Gasteiger partial charge >= 0.3 is 0 Å². The van der Waals surface area contributed by atoms with Crippen molar-refractivity contribution in [2.45, 2.75) is 76.5 Å². The van der Waals surface area contributed by atoms with Gasteiger partial charge in [-0.2, -0.15) is 0 Å². The first-order valence-electron chi connectivity index (χ1n) is 12.3. The summed E-state index contributed by atoms with van der Waals surface area (Å²) < 4.78 is 15.4. The molecule has 1 N–H and O–H groups in total. The minimum absolute atomic E-state index is 0.119. The smallest absolute Gasteiger partial charge is 0.291 e. The van der Waals surface area contributed by atoms with Crippen molar-refractivity contribution in [2.24, 2.45) is 0 Å². The summed E-state index contributed by atoms with van der Waals surface area (Å²) in [6, 6.07) is 13.8. The van der Waals surface area contributed by atoms with Gasteiger partial charge in [-0.15, -0.1) is 0 Å². The number of halogens is 1. The Hall–Kier alpha value is -3.22. The van der Waals surface area contributed by atoms with Crippen molar-refractivity contribution in [3.63, 3.8) is 0 Å². The van der Waals surface area contributed by atoms with Gasteiger partial charge in [0.05, 0.1) is 17.6 Å². The average molecular weight is 463 g/mol. The van der Waals surface area contributed by atoms with Crippen molar-refractivity contribution in [3.05, 3.63) is 65.7 Å². The summed E-state index contributed by atoms with van der Waals surface area (Å²) in [5.41, 5.74) is 1.24. The number of hydrogen-bond acceptors (Lipinski definition) is 3. The maximum Gasteiger partial charge on any atom is 0.291 e. The van der Waals surface area contributed by atoms with E-state index in [9.17, 15) is 14.0 Å². The van der Waals surface area contributed by atoms with Crippen molar-refractivity contribution in [2.75, 3.05) is 0 Å². The topological polar surface area (TPSA) is 67.2 Å². The Kier molecular flexibility index (Phi) is 6.11. The number of aromatic nitrogens is 2. The molecule has 1 aliphatic carbocycles. The molecule has 1 aromatic heterocycles. The predicted octanol–water partition coefficient (Wildman–Crippen LogP) is 4.82. The quantitative estimate of drug-likeness (QED) is 0.605. The molecule has 0 unspecified atom stereocenters. The fraction of sp³-hybridized carbons (Fsp3) is 0.444. The number of nitrogens with zero attached hydrogens (tertiary/aromatic N) is 3. The summed E-state index contributed by atoms with van der Waals surface area (Å²) in [6.07, 6.45) is 7.80. The second-order valence-electron chi connectivity index (χ2n) is 9.82. The summed E-state index contributed by atoms with van der Waals surface area (Å²) in [5.74, 6) is -0.432. The maximum atomic E-state index is 13.9. The highest BCUT2D eigenvalue weighted by atomic mass is 19.1. The summed E-state index contributed by atoms with van der Waals surface area (Å²) >= 11 is 0. The van der Waals surface area contributed by atoms with Gasteiger partial charge < -0.3 is 14.8 Å². The van der Waals surface area contributed by atoms with E-state index in [2.05, 4.69) is 10.3 Å². The number of carbonyl (C=O) groups is 2. The number of hydrogen-bond donors (Lipinski definition) is 1. The zero-order chi connectivity index (χ0) is 23.7. The van der Waals surface area contributed by atoms with Crippen LogP contribution in [0.25, 0.3) is 11.0 Å². The molecule has 3 aromatic rings. The summed E-state index contributed by atoms with van der Waals surface area (Å²) in [7, 11) is 0. The molecular formula is C27H31FN4O2. The number of nitrogens with one attached hydrogen (secondary N) is 1. The second kappa shape index (κ2) is 9.20. The van der Waals surface area contributed by atoms with Gasteiger partial charge in [0.25, 0.3) is 5.91 Å². The van der Waals surface area contributed by atoms with E-state index in [1.165, 1.54) is 31.4 Å². The summed E-state index contributed by atoms with van der Waals surface area (Å²) in [5, 5.41) is 3.29. The van der Waals surface area contributed by atoms with Gasteiger partial charge in [0, 0.05) is 12.6 Å². The fourth-order valence-corrected chi connectivity index (χ4v) is 5.29. The molecule has 178 valence electrons. The van der Waals surface area contributed by atoms with Crippen LogP contribution in [0.2, 0.25) is 0 Å². The molecule has 1 aliphatic heterocycles. The Bertz CT molecular complexity index is 1200. The minimum atomic E-state index is -1.11. The van der Waals surface area contributed by atoms with Crippen molar-refractivity contribution in [1.82, 2.24) is 19.8 Å². The molecule has 2 aliphatic rings. The molecule has 34 heavy (non-hydrogen) atoms. The van der Waals surface area contributed by atoms with Crippen LogP contribution in [0, 0.1) is 5.82 Å². The van der Waals surface area contributed by atoms with E-state index in [1.54, 1.807) is 17.0 Å². The highest BCUT2D eigenvalue weighted by molar-refractivity contribution is 6.01. The second-order valence-corrected chi connectivity index (χ2v) is 9.82. The highest BCUT2D eigenvalue weighted by Gasteiger charge is 2.48. The molecular weight excluding hydrogens is 431 g/mol. The number of rotatable bonds is 4. The fourth-order valence-electron chi connectivity index (χ4n) is 5.29. The van der Waals surface area contributed by atoms with Crippen LogP contribution in [-0.2, 0) is 17.9 Å². The third-order valence-electron chi connectivity index (χ3n) is 7.34. The Morgan fingerprint density at radius 3 is 2.47 bits per heavy atom. The van der Waals surface area contributed by atoms with Gasteiger partial charge in [0.2, 0.25) is 5.91 Å². The van der Waals surface area contributed by atoms with Crippen molar-refractivity contribution in [3.8, 4) is 0 Å². The molecule has 0 radical (unpaired) electrons. The van der Waals surface area contributed by atoms with E-state index >= 15 is 0 Å². The van der Waals surface area contributed by atoms with E-state index in [0.29, 0.717) is 12.4 Å². The molecule has 0 spiro atoms. The Morgan fingerprint density at radius 1 is 1.06 bits per heavy atom. The van der Waals surface area contributed by atoms with E-state index in [4.69, 9.17) is 0 Å².